The van der Waals surface area contributed by atoms with Gasteiger partial charge in [-0.15, -0.1) is 0 Å². The van der Waals surface area contributed by atoms with E-state index in [9.17, 15) is 4.79 Å². The molecule has 0 aliphatic heterocycles. The van der Waals surface area contributed by atoms with Crippen molar-refractivity contribution >= 4 is 27.8 Å². The molecule has 0 heterocycles. The van der Waals surface area contributed by atoms with Crippen LogP contribution in [0.2, 0.25) is 0 Å². The predicted octanol–water partition coefficient (Wildman–Crippen LogP) is 4.96. The summed E-state index contributed by atoms with van der Waals surface area (Å²) in [6.07, 6.45) is 3.46. The number of carbonyl (C=O) groups is 1. The molecule has 1 nitrogen and oxygen atoms in total. The monoisotopic (exact) mass is 314 g/mol. The average molecular weight is 315 g/mol. The van der Waals surface area contributed by atoms with Crippen LogP contribution < -0.4 is 0 Å². The quantitative estimate of drug-likeness (QED) is 0.578. The number of allylic oxidation sites excluding steroid dienone is 1. The molecule has 0 fully saturated rings. The van der Waals surface area contributed by atoms with E-state index in [1.165, 1.54) is 5.56 Å². The van der Waals surface area contributed by atoms with Gasteiger partial charge in [-0.1, -0.05) is 57.9 Å². The topological polar surface area (TPSA) is 17.1 Å². The van der Waals surface area contributed by atoms with Gasteiger partial charge in [-0.3, -0.25) is 4.79 Å². The second-order valence-electron chi connectivity index (χ2n) is 4.54. The Bertz CT molecular complexity index is 641. The molecular formula is C17H15BrO. The summed E-state index contributed by atoms with van der Waals surface area (Å²) in [7, 11) is 0. The molecule has 2 rings (SSSR count). The first-order valence-corrected chi connectivity index (χ1v) is 6.91. The molecular weight excluding hydrogens is 300 g/mol. The number of benzene rings is 2. The summed E-state index contributed by atoms with van der Waals surface area (Å²) in [5, 5.41) is 0. The highest BCUT2D eigenvalue weighted by Gasteiger charge is 2.05. The van der Waals surface area contributed by atoms with Gasteiger partial charge < -0.3 is 0 Å². The van der Waals surface area contributed by atoms with E-state index in [2.05, 4.69) is 15.9 Å². The van der Waals surface area contributed by atoms with Crippen LogP contribution in [0.3, 0.4) is 0 Å². The summed E-state index contributed by atoms with van der Waals surface area (Å²) in [4.78, 5) is 12.2. The van der Waals surface area contributed by atoms with Gasteiger partial charge in [-0.25, -0.2) is 0 Å². The number of carbonyl (C=O) groups excluding carboxylic acids is 1. The Kier molecular flexibility index (Phi) is 4.33. The zero-order valence-electron chi connectivity index (χ0n) is 11.0. The van der Waals surface area contributed by atoms with Crippen molar-refractivity contribution in [1.82, 2.24) is 0 Å². The number of halogens is 1. The first-order chi connectivity index (χ1) is 9.08. The van der Waals surface area contributed by atoms with Gasteiger partial charge in [0.2, 0.25) is 0 Å². The maximum atomic E-state index is 12.2. The highest BCUT2D eigenvalue weighted by Crippen LogP contribution is 2.18. The van der Waals surface area contributed by atoms with Crippen LogP contribution in [-0.2, 0) is 0 Å². The van der Waals surface area contributed by atoms with Crippen LogP contribution >= 0.6 is 15.9 Å². The lowest BCUT2D eigenvalue weighted by Gasteiger charge is -2.03. The third-order valence-corrected chi connectivity index (χ3v) is 3.69. The van der Waals surface area contributed by atoms with Crippen LogP contribution in [0.5, 0.6) is 0 Å². The minimum atomic E-state index is 0.0354. The zero-order valence-corrected chi connectivity index (χ0v) is 12.6. The Labute approximate surface area is 122 Å². The zero-order chi connectivity index (χ0) is 13.8. The Morgan fingerprint density at radius 2 is 1.84 bits per heavy atom. The maximum Gasteiger partial charge on any atom is 0.186 e. The minimum absolute atomic E-state index is 0.0354. The van der Waals surface area contributed by atoms with Gasteiger partial charge >= 0.3 is 0 Å². The minimum Gasteiger partial charge on any atom is -0.289 e. The van der Waals surface area contributed by atoms with Gasteiger partial charge in [0.05, 0.1) is 0 Å². The molecule has 0 amide bonds. The molecule has 0 bridgehead atoms. The van der Waals surface area contributed by atoms with Gasteiger partial charge in [0.1, 0.15) is 0 Å². The predicted molar refractivity (Wildman–Crippen MR) is 83.4 cm³/mol. The largest absolute Gasteiger partial charge is 0.289 e. The summed E-state index contributed by atoms with van der Waals surface area (Å²) in [5.41, 5.74) is 3.94. The van der Waals surface area contributed by atoms with Crippen LogP contribution in [0.15, 0.2) is 53.0 Å². The van der Waals surface area contributed by atoms with E-state index in [0.717, 1.165) is 21.2 Å². The molecule has 19 heavy (non-hydrogen) atoms. The van der Waals surface area contributed by atoms with Crippen molar-refractivity contribution in [3.05, 3.63) is 75.3 Å². The summed E-state index contributed by atoms with van der Waals surface area (Å²) in [6, 6.07) is 13.7. The first-order valence-electron chi connectivity index (χ1n) is 6.12. The van der Waals surface area contributed by atoms with E-state index in [1.54, 1.807) is 6.08 Å². The van der Waals surface area contributed by atoms with Crippen molar-refractivity contribution in [1.29, 1.82) is 0 Å². The Hall–Kier alpha value is -1.67. The Morgan fingerprint density at radius 3 is 2.53 bits per heavy atom. The van der Waals surface area contributed by atoms with Crippen molar-refractivity contribution in [2.45, 2.75) is 13.8 Å². The molecule has 96 valence electrons. The molecule has 0 unspecified atom stereocenters. The van der Waals surface area contributed by atoms with Gasteiger partial charge in [0, 0.05) is 10.0 Å². The van der Waals surface area contributed by atoms with Gasteiger partial charge in [0.15, 0.2) is 5.78 Å². The molecule has 0 aromatic heterocycles. The van der Waals surface area contributed by atoms with Gasteiger partial charge in [-0.2, -0.15) is 0 Å². The lowest BCUT2D eigenvalue weighted by Crippen LogP contribution is -1.98. The van der Waals surface area contributed by atoms with E-state index in [-0.39, 0.29) is 5.78 Å². The SMILES string of the molecule is Cc1ccc(C(=O)/C=C/c2ccccc2Br)c(C)c1. The summed E-state index contributed by atoms with van der Waals surface area (Å²) in [6.45, 7) is 3.99. The van der Waals surface area contributed by atoms with Gasteiger partial charge in [0.25, 0.3) is 0 Å². The summed E-state index contributed by atoms with van der Waals surface area (Å²) < 4.78 is 0.986. The summed E-state index contributed by atoms with van der Waals surface area (Å²) >= 11 is 3.46. The highest BCUT2D eigenvalue weighted by molar-refractivity contribution is 9.10. The third kappa shape index (κ3) is 3.42. The highest BCUT2D eigenvalue weighted by atomic mass is 79.9. The molecule has 2 aromatic rings. The number of ketones is 1. The third-order valence-electron chi connectivity index (χ3n) is 2.97. The van der Waals surface area contributed by atoms with E-state index < -0.39 is 0 Å². The molecule has 2 aromatic carbocycles. The fraction of sp³-hybridized carbons (Fsp3) is 0.118. The second kappa shape index (κ2) is 5.98. The number of aryl methyl sites for hydroxylation is 2. The van der Waals surface area contributed by atoms with E-state index in [1.807, 2.05) is 62.4 Å². The van der Waals surface area contributed by atoms with E-state index in [4.69, 9.17) is 0 Å². The van der Waals surface area contributed by atoms with Crippen molar-refractivity contribution in [3.8, 4) is 0 Å². The van der Waals surface area contributed by atoms with Gasteiger partial charge in [-0.05, 0) is 43.2 Å². The van der Waals surface area contributed by atoms with Crippen molar-refractivity contribution < 1.29 is 4.79 Å². The standard InChI is InChI=1S/C17H15BrO/c1-12-7-9-15(13(2)11-12)17(19)10-8-14-5-3-4-6-16(14)18/h3-11H,1-2H3/b10-8+. The Balaban J connectivity index is 2.24. The molecule has 0 aliphatic carbocycles. The van der Waals surface area contributed by atoms with Crippen LogP contribution in [0.1, 0.15) is 27.0 Å². The van der Waals surface area contributed by atoms with Crippen molar-refractivity contribution in [3.63, 3.8) is 0 Å². The molecule has 2 heteroatoms. The van der Waals surface area contributed by atoms with Crippen LogP contribution in [0, 0.1) is 13.8 Å². The fourth-order valence-electron chi connectivity index (χ4n) is 1.96. The maximum absolute atomic E-state index is 12.2. The van der Waals surface area contributed by atoms with E-state index >= 15 is 0 Å². The molecule has 0 N–H and O–H groups in total. The number of hydrogen-bond donors (Lipinski definition) is 0. The fourth-order valence-corrected chi connectivity index (χ4v) is 2.37. The molecule has 0 radical (unpaired) electrons. The number of rotatable bonds is 3. The normalized spacial score (nSPS) is 10.9. The molecule has 0 spiro atoms. The molecule has 0 aliphatic rings. The lowest BCUT2D eigenvalue weighted by atomic mass is 10.0. The van der Waals surface area contributed by atoms with Crippen molar-refractivity contribution in [2.75, 3.05) is 0 Å². The lowest BCUT2D eigenvalue weighted by molar-refractivity contribution is 0.104. The summed E-state index contributed by atoms with van der Waals surface area (Å²) in [5.74, 6) is 0.0354. The smallest absolute Gasteiger partial charge is 0.186 e. The molecule has 0 saturated carbocycles. The Morgan fingerprint density at radius 1 is 1.11 bits per heavy atom. The number of hydrogen-bond acceptors (Lipinski definition) is 1. The molecule has 0 saturated heterocycles. The first kappa shape index (κ1) is 13.8. The van der Waals surface area contributed by atoms with Crippen LogP contribution in [-0.4, -0.2) is 5.78 Å². The van der Waals surface area contributed by atoms with Crippen LogP contribution in [0.4, 0.5) is 0 Å². The average Bonchev–Trinajstić information content (AvgIpc) is 2.37. The van der Waals surface area contributed by atoms with E-state index in [0.29, 0.717) is 0 Å². The second-order valence-corrected chi connectivity index (χ2v) is 5.39. The van der Waals surface area contributed by atoms with Crippen LogP contribution in [0.25, 0.3) is 6.08 Å². The van der Waals surface area contributed by atoms with Crippen molar-refractivity contribution in [2.24, 2.45) is 0 Å². The molecule has 0 atom stereocenters.